The van der Waals surface area contributed by atoms with Crippen molar-refractivity contribution in [1.29, 1.82) is 0 Å². The number of carbonyl (C=O) groups excluding carboxylic acids is 3. The smallest absolute Gasteiger partial charge is 0.306 e. The molecule has 0 aliphatic rings. The van der Waals surface area contributed by atoms with E-state index in [2.05, 4.69) is 93.7 Å². The first-order chi connectivity index (χ1) is 33.0. The van der Waals surface area contributed by atoms with Crippen LogP contribution in [0.3, 0.4) is 0 Å². The molecule has 0 saturated carbocycles. The van der Waals surface area contributed by atoms with Crippen molar-refractivity contribution in [2.45, 2.75) is 284 Å². The number of allylic oxidation sites excluding steroid dienone is 12. The van der Waals surface area contributed by atoms with Crippen LogP contribution in [0.4, 0.5) is 0 Å². The average molecular weight is 936 g/mol. The van der Waals surface area contributed by atoms with Crippen LogP contribution in [-0.4, -0.2) is 37.2 Å². The zero-order valence-corrected chi connectivity index (χ0v) is 44.2. The van der Waals surface area contributed by atoms with Crippen molar-refractivity contribution in [2.75, 3.05) is 13.2 Å². The lowest BCUT2D eigenvalue weighted by atomic mass is 10.1. The lowest BCUT2D eigenvalue weighted by Gasteiger charge is -2.18. The van der Waals surface area contributed by atoms with Crippen LogP contribution in [0.1, 0.15) is 278 Å². The normalized spacial score (nSPS) is 12.6. The van der Waals surface area contributed by atoms with Gasteiger partial charge >= 0.3 is 17.9 Å². The molecule has 0 N–H and O–H groups in total. The van der Waals surface area contributed by atoms with Crippen LogP contribution in [0.5, 0.6) is 0 Å². The SMILES string of the molecule is CCCCC/C=C\C/C=C\C/C=C\CCCCC(=O)OC[C@@H](COC(=O)CCCCCCCCCCC/C=C\C/C=C\CCCCC)OC(=O)CCCCCCCCC/C=C\CCCCCC. The van der Waals surface area contributed by atoms with Gasteiger partial charge in [0.25, 0.3) is 0 Å². The van der Waals surface area contributed by atoms with Gasteiger partial charge in [-0.15, -0.1) is 0 Å². The molecule has 0 aromatic carbocycles. The van der Waals surface area contributed by atoms with Gasteiger partial charge in [0, 0.05) is 19.3 Å². The molecule has 67 heavy (non-hydrogen) atoms. The Hall–Kier alpha value is -3.15. The number of carbonyl (C=O) groups is 3. The van der Waals surface area contributed by atoms with Crippen LogP contribution in [0, 0.1) is 0 Å². The summed E-state index contributed by atoms with van der Waals surface area (Å²) in [7, 11) is 0. The maximum atomic E-state index is 12.8. The fourth-order valence-electron chi connectivity index (χ4n) is 7.83. The number of hydrogen-bond donors (Lipinski definition) is 0. The minimum atomic E-state index is -0.795. The molecule has 0 radical (unpaired) electrons. The first-order valence-electron chi connectivity index (χ1n) is 28.4. The lowest BCUT2D eigenvalue weighted by Crippen LogP contribution is -2.30. The Labute approximate surface area is 414 Å². The highest BCUT2D eigenvalue weighted by molar-refractivity contribution is 5.71. The maximum absolute atomic E-state index is 12.8. The second-order valence-corrected chi connectivity index (χ2v) is 18.8. The Balaban J connectivity index is 4.42. The molecule has 0 aliphatic heterocycles. The summed E-state index contributed by atoms with van der Waals surface area (Å²) in [6, 6.07) is 0. The van der Waals surface area contributed by atoms with E-state index < -0.39 is 6.10 Å². The number of esters is 3. The highest BCUT2D eigenvalue weighted by Gasteiger charge is 2.19. The fourth-order valence-corrected chi connectivity index (χ4v) is 7.83. The monoisotopic (exact) mass is 935 g/mol. The molecule has 6 nitrogen and oxygen atoms in total. The van der Waals surface area contributed by atoms with Crippen molar-refractivity contribution < 1.29 is 28.6 Å². The van der Waals surface area contributed by atoms with Gasteiger partial charge in [0.2, 0.25) is 0 Å². The first-order valence-corrected chi connectivity index (χ1v) is 28.4. The van der Waals surface area contributed by atoms with Crippen molar-refractivity contribution in [2.24, 2.45) is 0 Å². The summed E-state index contributed by atoms with van der Waals surface area (Å²) in [5, 5.41) is 0. The molecule has 0 rings (SSSR count). The third kappa shape index (κ3) is 53.7. The third-order valence-electron chi connectivity index (χ3n) is 12.2. The molecule has 0 bridgehead atoms. The van der Waals surface area contributed by atoms with Gasteiger partial charge in [0.1, 0.15) is 13.2 Å². The highest BCUT2D eigenvalue weighted by Crippen LogP contribution is 2.15. The Morgan fingerprint density at radius 1 is 0.299 bits per heavy atom. The molecule has 6 heteroatoms. The summed E-state index contributed by atoms with van der Waals surface area (Å²) >= 11 is 0. The molecule has 0 unspecified atom stereocenters. The molecule has 386 valence electrons. The van der Waals surface area contributed by atoms with Gasteiger partial charge in [0.15, 0.2) is 6.10 Å². The molecule has 0 heterocycles. The van der Waals surface area contributed by atoms with E-state index in [0.717, 1.165) is 77.0 Å². The van der Waals surface area contributed by atoms with Gasteiger partial charge in [-0.3, -0.25) is 14.4 Å². The van der Waals surface area contributed by atoms with Crippen LogP contribution in [0.25, 0.3) is 0 Å². The van der Waals surface area contributed by atoms with Crippen LogP contribution < -0.4 is 0 Å². The van der Waals surface area contributed by atoms with Gasteiger partial charge in [-0.05, 0) is 116 Å². The van der Waals surface area contributed by atoms with Crippen LogP contribution >= 0.6 is 0 Å². The predicted molar refractivity (Wildman–Crippen MR) is 288 cm³/mol. The van der Waals surface area contributed by atoms with Crippen molar-refractivity contribution in [1.82, 2.24) is 0 Å². The van der Waals surface area contributed by atoms with E-state index in [1.54, 1.807) is 0 Å². The van der Waals surface area contributed by atoms with Gasteiger partial charge in [-0.1, -0.05) is 216 Å². The second-order valence-electron chi connectivity index (χ2n) is 18.8. The summed E-state index contributed by atoms with van der Waals surface area (Å²) in [5.41, 5.74) is 0. The van der Waals surface area contributed by atoms with Crippen molar-refractivity contribution in [3.8, 4) is 0 Å². The van der Waals surface area contributed by atoms with E-state index in [4.69, 9.17) is 14.2 Å². The van der Waals surface area contributed by atoms with Gasteiger partial charge in [0.05, 0.1) is 0 Å². The van der Waals surface area contributed by atoms with E-state index in [-0.39, 0.29) is 31.1 Å². The molecule has 0 saturated heterocycles. The number of hydrogen-bond acceptors (Lipinski definition) is 6. The zero-order valence-electron chi connectivity index (χ0n) is 44.2. The Morgan fingerprint density at radius 3 is 0.910 bits per heavy atom. The zero-order chi connectivity index (χ0) is 48.6. The van der Waals surface area contributed by atoms with Gasteiger partial charge in [-0.2, -0.15) is 0 Å². The topological polar surface area (TPSA) is 78.9 Å². The van der Waals surface area contributed by atoms with Crippen LogP contribution in [0.2, 0.25) is 0 Å². The van der Waals surface area contributed by atoms with E-state index in [9.17, 15) is 14.4 Å². The molecule has 0 aliphatic carbocycles. The molecular formula is C61H106O6. The molecule has 0 aromatic heterocycles. The largest absolute Gasteiger partial charge is 0.462 e. The molecule has 0 spiro atoms. The van der Waals surface area contributed by atoms with E-state index >= 15 is 0 Å². The Morgan fingerprint density at radius 2 is 0.537 bits per heavy atom. The molecule has 0 amide bonds. The minimum absolute atomic E-state index is 0.0909. The Bertz CT molecular complexity index is 1260. The standard InChI is InChI=1S/C61H106O6/c1-4-7-10-13-16-19-22-25-28-29-30-31-34-36-39-42-45-48-51-54-60(63)66-57-58(67-61(64)55-52-49-46-43-40-37-33-27-24-21-18-15-12-9-6-3)56-65-59(62)53-50-47-44-41-38-35-32-26-23-20-17-14-11-8-5-2/h16-17,19-21,24-26,28,32,38,41,58H,4-15,18,22-23,27,29-31,33-37,39-40,42-57H2,1-3H3/b19-16-,20-17-,24-21-,28-25-,32-26-,41-38-/t58-/m0/s1. The van der Waals surface area contributed by atoms with E-state index in [1.165, 1.54) is 161 Å². The highest BCUT2D eigenvalue weighted by atomic mass is 16.6. The maximum Gasteiger partial charge on any atom is 0.306 e. The van der Waals surface area contributed by atoms with Gasteiger partial charge < -0.3 is 14.2 Å². The summed E-state index contributed by atoms with van der Waals surface area (Å²) < 4.78 is 16.8. The van der Waals surface area contributed by atoms with Gasteiger partial charge in [-0.25, -0.2) is 0 Å². The predicted octanol–water partition coefficient (Wildman–Crippen LogP) is 19.0. The summed E-state index contributed by atoms with van der Waals surface area (Å²) in [4.78, 5) is 38.1. The summed E-state index contributed by atoms with van der Waals surface area (Å²) in [6.45, 7) is 6.55. The fraction of sp³-hybridized carbons (Fsp3) is 0.754. The second kappa shape index (κ2) is 55.4. The van der Waals surface area contributed by atoms with Crippen LogP contribution in [0.15, 0.2) is 72.9 Å². The van der Waals surface area contributed by atoms with Crippen LogP contribution in [-0.2, 0) is 28.6 Å². The van der Waals surface area contributed by atoms with Crippen molar-refractivity contribution >= 4 is 17.9 Å². The minimum Gasteiger partial charge on any atom is -0.462 e. The quantitative estimate of drug-likeness (QED) is 0.0262. The molecular weight excluding hydrogens is 829 g/mol. The van der Waals surface area contributed by atoms with E-state index in [0.29, 0.717) is 19.3 Å². The molecule has 0 fully saturated rings. The van der Waals surface area contributed by atoms with Crippen molar-refractivity contribution in [3.63, 3.8) is 0 Å². The summed E-state index contributed by atoms with van der Waals surface area (Å²) in [5.74, 6) is -0.932. The number of unbranched alkanes of at least 4 members (excludes halogenated alkanes) is 28. The lowest BCUT2D eigenvalue weighted by molar-refractivity contribution is -0.167. The first kappa shape index (κ1) is 63.8. The molecule has 1 atom stereocenters. The molecule has 0 aromatic rings. The average Bonchev–Trinajstić information content (AvgIpc) is 3.33. The third-order valence-corrected chi connectivity index (χ3v) is 12.2. The van der Waals surface area contributed by atoms with E-state index in [1.807, 2.05) is 0 Å². The Kier molecular flexibility index (Phi) is 52.8. The number of rotatable bonds is 51. The number of ether oxygens (including phenoxy) is 3. The van der Waals surface area contributed by atoms with Crippen molar-refractivity contribution in [3.05, 3.63) is 72.9 Å². The summed E-state index contributed by atoms with van der Waals surface area (Å²) in [6.07, 6.45) is 70.3.